The second kappa shape index (κ2) is 7.59. The van der Waals surface area contributed by atoms with Crippen molar-refractivity contribution in [3.05, 3.63) is 29.3 Å². The molecule has 0 unspecified atom stereocenters. The molecule has 1 saturated carbocycles. The van der Waals surface area contributed by atoms with Crippen molar-refractivity contribution < 1.29 is 14.3 Å². The van der Waals surface area contributed by atoms with Gasteiger partial charge in [-0.15, -0.1) is 0 Å². The van der Waals surface area contributed by atoms with Crippen molar-refractivity contribution in [3.63, 3.8) is 0 Å². The fraction of sp³-hybridized carbons (Fsp3) is 0.556. The van der Waals surface area contributed by atoms with Crippen LogP contribution in [0.3, 0.4) is 0 Å². The largest absolute Gasteiger partial charge is 0.366 e. The number of carbonyl (C=O) groups excluding carboxylic acids is 2. The molecule has 0 aliphatic heterocycles. The number of primary amides is 1. The topological polar surface area (TPSA) is 81.4 Å². The van der Waals surface area contributed by atoms with E-state index in [2.05, 4.69) is 12.2 Å². The number of amides is 2. The molecule has 0 spiro atoms. The first-order valence-electron chi connectivity index (χ1n) is 8.24. The van der Waals surface area contributed by atoms with Gasteiger partial charge < -0.3 is 15.8 Å². The molecule has 23 heavy (non-hydrogen) atoms. The normalized spacial score (nSPS) is 22.4. The molecule has 5 heteroatoms. The summed E-state index contributed by atoms with van der Waals surface area (Å²) in [6.07, 6.45) is 4.03. The monoisotopic (exact) mass is 318 g/mol. The van der Waals surface area contributed by atoms with Gasteiger partial charge in [0.05, 0.1) is 6.10 Å². The Morgan fingerprint density at radius 1 is 1.35 bits per heavy atom. The smallest absolute Gasteiger partial charge is 0.253 e. The first-order chi connectivity index (χ1) is 10.9. The van der Waals surface area contributed by atoms with Crippen molar-refractivity contribution in [1.82, 2.24) is 0 Å². The fourth-order valence-electron chi connectivity index (χ4n) is 3.12. The molecule has 0 saturated heterocycles. The molecule has 2 amide bonds. The average molecular weight is 318 g/mol. The molecule has 1 aromatic rings. The lowest BCUT2D eigenvalue weighted by atomic mass is 9.88. The Kier molecular flexibility index (Phi) is 5.77. The van der Waals surface area contributed by atoms with Gasteiger partial charge in [-0.1, -0.05) is 25.8 Å². The summed E-state index contributed by atoms with van der Waals surface area (Å²) in [7, 11) is 0. The van der Waals surface area contributed by atoms with Gasteiger partial charge in [0.2, 0.25) is 5.91 Å². The van der Waals surface area contributed by atoms with E-state index in [9.17, 15) is 9.59 Å². The van der Waals surface area contributed by atoms with Crippen molar-refractivity contribution in [3.8, 4) is 0 Å². The number of nitrogens with two attached hydrogens (primary N) is 1. The summed E-state index contributed by atoms with van der Waals surface area (Å²) in [5, 5.41) is 2.83. The lowest BCUT2D eigenvalue weighted by Crippen LogP contribution is -2.34. The fourth-order valence-corrected chi connectivity index (χ4v) is 3.12. The Morgan fingerprint density at radius 3 is 2.74 bits per heavy atom. The van der Waals surface area contributed by atoms with Crippen LogP contribution in [0, 0.1) is 12.8 Å². The van der Waals surface area contributed by atoms with Crippen molar-refractivity contribution in [2.75, 3.05) is 5.32 Å². The molecule has 0 heterocycles. The van der Waals surface area contributed by atoms with Crippen LogP contribution in [0.25, 0.3) is 0 Å². The summed E-state index contributed by atoms with van der Waals surface area (Å²) < 4.78 is 5.91. The van der Waals surface area contributed by atoms with Crippen LogP contribution in [0.2, 0.25) is 0 Å². The van der Waals surface area contributed by atoms with E-state index in [-0.39, 0.29) is 12.0 Å². The van der Waals surface area contributed by atoms with E-state index in [4.69, 9.17) is 10.5 Å². The van der Waals surface area contributed by atoms with Crippen LogP contribution in [0.4, 0.5) is 5.69 Å². The highest BCUT2D eigenvalue weighted by Crippen LogP contribution is 2.27. The molecular formula is C18H26N2O3. The minimum absolute atomic E-state index is 0.151. The molecule has 1 fully saturated rings. The number of carbonyl (C=O) groups is 2. The minimum Gasteiger partial charge on any atom is -0.366 e. The van der Waals surface area contributed by atoms with E-state index in [0.29, 0.717) is 22.7 Å². The van der Waals surface area contributed by atoms with Crippen molar-refractivity contribution >= 4 is 17.5 Å². The highest BCUT2D eigenvalue weighted by Gasteiger charge is 2.24. The van der Waals surface area contributed by atoms with E-state index in [1.807, 2.05) is 0 Å². The molecule has 5 nitrogen and oxygen atoms in total. The summed E-state index contributed by atoms with van der Waals surface area (Å²) in [6.45, 7) is 5.75. The standard InChI is InChI=1S/C18H26N2O3/c1-11-6-4-7-14(10-11)23-13(3)18(22)20-16-9-5-8-15(12(16)2)17(19)21/h5,8-9,11,13-14H,4,6-7,10H2,1-3H3,(H2,19,21)(H,20,22)/t11-,13-,14+/m0/s1. The maximum atomic E-state index is 12.3. The van der Waals surface area contributed by atoms with Crippen LogP contribution in [0.5, 0.6) is 0 Å². The van der Waals surface area contributed by atoms with Gasteiger partial charge in [0.1, 0.15) is 6.10 Å². The van der Waals surface area contributed by atoms with Gasteiger partial charge in [-0.3, -0.25) is 9.59 Å². The highest BCUT2D eigenvalue weighted by atomic mass is 16.5. The van der Waals surface area contributed by atoms with Crippen molar-refractivity contribution in [2.45, 2.75) is 58.7 Å². The number of benzene rings is 1. The van der Waals surface area contributed by atoms with E-state index >= 15 is 0 Å². The van der Waals surface area contributed by atoms with E-state index in [1.54, 1.807) is 32.0 Å². The molecule has 126 valence electrons. The third-order valence-electron chi connectivity index (χ3n) is 4.51. The Labute approximate surface area is 137 Å². The molecule has 0 aromatic heterocycles. The summed E-state index contributed by atoms with van der Waals surface area (Å²) >= 11 is 0. The average Bonchev–Trinajstić information content (AvgIpc) is 2.49. The molecule has 1 aliphatic rings. The first kappa shape index (κ1) is 17.5. The second-order valence-corrected chi connectivity index (χ2v) is 6.50. The number of rotatable bonds is 5. The molecule has 3 N–H and O–H groups in total. The predicted octanol–water partition coefficient (Wildman–Crippen LogP) is 3.02. The highest BCUT2D eigenvalue weighted by molar-refractivity contribution is 5.99. The minimum atomic E-state index is -0.526. The third-order valence-corrected chi connectivity index (χ3v) is 4.51. The molecule has 3 atom stereocenters. The molecule has 1 aliphatic carbocycles. The molecule has 0 radical (unpaired) electrons. The number of hydrogen-bond donors (Lipinski definition) is 2. The predicted molar refractivity (Wildman–Crippen MR) is 90.3 cm³/mol. The number of anilines is 1. The number of hydrogen-bond acceptors (Lipinski definition) is 3. The Bertz CT molecular complexity index is 586. The van der Waals surface area contributed by atoms with Crippen molar-refractivity contribution in [1.29, 1.82) is 0 Å². The van der Waals surface area contributed by atoms with E-state index in [0.717, 1.165) is 19.3 Å². The quantitative estimate of drug-likeness (QED) is 0.875. The maximum Gasteiger partial charge on any atom is 0.253 e. The van der Waals surface area contributed by atoms with Crippen LogP contribution >= 0.6 is 0 Å². The Hall–Kier alpha value is -1.88. The zero-order chi connectivity index (χ0) is 17.0. The van der Waals surface area contributed by atoms with Gasteiger partial charge in [0.25, 0.3) is 5.91 Å². The van der Waals surface area contributed by atoms with E-state index < -0.39 is 12.0 Å². The summed E-state index contributed by atoms with van der Waals surface area (Å²) in [5.41, 5.74) is 7.02. The van der Waals surface area contributed by atoms with Crippen LogP contribution < -0.4 is 11.1 Å². The van der Waals surface area contributed by atoms with Crippen LogP contribution in [-0.2, 0) is 9.53 Å². The summed E-state index contributed by atoms with van der Waals surface area (Å²) in [4.78, 5) is 23.7. The van der Waals surface area contributed by atoms with Gasteiger partial charge in [-0.2, -0.15) is 0 Å². The van der Waals surface area contributed by atoms with Crippen LogP contribution in [0.15, 0.2) is 18.2 Å². The lowest BCUT2D eigenvalue weighted by Gasteiger charge is -2.29. The zero-order valence-electron chi connectivity index (χ0n) is 14.1. The van der Waals surface area contributed by atoms with Gasteiger partial charge in [-0.25, -0.2) is 0 Å². The van der Waals surface area contributed by atoms with Gasteiger partial charge in [0.15, 0.2) is 0 Å². The van der Waals surface area contributed by atoms with Gasteiger partial charge in [-0.05, 0) is 50.3 Å². The van der Waals surface area contributed by atoms with Crippen LogP contribution in [-0.4, -0.2) is 24.0 Å². The second-order valence-electron chi connectivity index (χ2n) is 6.50. The lowest BCUT2D eigenvalue weighted by molar-refractivity contribution is -0.131. The first-order valence-corrected chi connectivity index (χ1v) is 8.24. The van der Waals surface area contributed by atoms with Gasteiger partial charge in [0, 0.05) is 11.3 Å². The molecule has 2 rings (SSSR count). The molecule has 1 aromatic carbocycles. The summed E-state index contributed by atoms with van der Waals surface area (Å²) in [6, 6.07) is 5.11. The Morgan fingerprint density at radius 2 is 2.09 bits per heavy atom. The maximum absolute atomic E-state index is 12.3. The van der Waals surface area contributed by atoms with Gasteiger partial charge >= 0.3 is 0 Å². The number of ether oxygens (including phenoxy) is 1. The van der Waals surface area contributed by atoms with Crippen molar-refractivity contribution in [2.24, 2.45) is 11.7 Å². The third kappa shape index (κ3) is 4.55. The molecule has 0 bridgehead atoms. The Balaban J connectivity index is 1.98. The molecular weight excluding hydrogens is 292 g/mol. The zero-order valence-corrected chi connectivity index (χ0v) is 14.1. The SMILES string of the molecule is Cc1c(NC(=O)[C@H](C)O[C@@H]2CCC[C@H](C)C2)cccc1C(N)=O. The van der Waals surface area contributed by atoms with E-state index in [1.165, 1.54) is 6.42 Å². The summed E-state index contributed by atoms with van der Waals surface area (Å²) in [5.74, 6) is -0.0504. The van der Waals surface area contributed by atoms with Crippen LogP contribution in [0.1, 0.15) is 55.5 Å². The number of nitrogens with one attached hydrogen (secondary N) is 1.